The number of nitrogens with zero attached hydrogens (tertiary/aromatic N) is 1. The number of hydrogen-bond donors (Lipinski definition) is 1. The summed E-state index contributed by atoms with van der Waals surface area (Å²) in [4.78, 5) is 3.19. The predicted molar refractivity (Wildman–Crippen MR) is 85.0 cm³/mol. The van der Waals surface area contributed by atoms with Crippen LogP contribution in [0.15, 0.2) is 18.2 Å². The van der Waals surface area contributed by atoms with Crippen LogP contribution >= 0.6 is 23.8 Å². The molecule has 0 spiro atoms. The molecule has 0 bridgehead atoms. The van der Waals surface area contributed by atoms with Gasteiger partial charge in [-0.2, -0.15) is 0 Å². The zero-order valence-corrected chi connectivity index (χ0v) is 13.0. The minimum atomic E-state index is 0.429. The molecule has 1 aromatic heterocycles. The van der Waals surface area contributed by atoms with Crippen molar-refractivity contribution in [1.29, 1.82) is 0 Å². The van der Waals surface area contributed by atoms with Gasteiger partial charge in [0, 0.05) is 6.54 Å². The average molecular weight is 311 g/mol. The highest BCUT2D eigenvalue weighted by Gasteiger charge is 2.14. The number of benzene rings is 1. The van der Waals surface area contributed by atoms with E-state index < -0.39 is 0 Å². The van der Waals surface area contributed by atoms with Crippen LogP contribution in [-0.2, 0) is 11.3 Å². The first-order valence-electron chi connectivity index (χ1n) is 7.24. The molecule has 20 heavy (non-hydrogen) atoms. The highest BCUT2D eigenvalue weighted by atomic mass is 35.5. The maximum atomic E-state index is 6.28. The van der Waals surface area contributed by atoms with Crippen molar-refractivity contribution in [3.63, 3.8) is 0 Å². The Bertz CT molecular complexity index is 643. The van der Waals surface area contributed by atoms with Crippen LogP contribution in [0.3, 0.4) is 0 Å². The molecule has 1 heterocycles. The van der Waals surface area contributed by atoms with Gasteiger partial charge in [0.25, 0.3) is 0 Å². The number of fused-ring (bicyclic) bond motifs is 1. The smallest absolute Gasteiger partial charge is 0.178 e. The van der Waals surface area contributed by atoms with Gasteiger partial charge in [-0.05, 0) is 37.2 Å². The van der Waals surface area contributed by atoms with E-state index in [0.717, 1.165) is 22.6 Å². The first-order chi connectivity index (χ1) is 9.75. The van der Waals surface area contributed by atoms with Crippen molar-refractivity contribution in [2.24, 2.45) is 0 Å². The number of hydrogen-bond acceptors (Lipinski definition) is 2. The number of imidazole rings is 1. The van der Waals surface area contributed by atoms with Gasteiger partial charge in [-0.25, -0.2) is 0 Å². The minimum Gasteiger partial charge on any atom is -0.376 e. The van der Waals surface area contributed by atoms with Crippen molar-refractivity contribution in [3.05, 3.63) is 28.0 Å². The highest BCUT2D eigenvalue weighted by Crippen LogP contribution is 2.24. The lowest BCUT2D eigenvalue weighted by Gasteiger charge is -2.22. The largest absolute Gasteiger partial charge is 0.376 e. The Labute approximate surface area is 128 Å². The molecule has 0 atom stereocenters. The van der Waals surface area contributed by atoms with Gasteiger partial charge in [0.2, 0.25) is 0 Å². The van der Waals surface area contributed by atoms with Crippen molar-refractivity contribution >= 4 is 34.9 Å². The lowest BCUT2D eigenvalue weighted by atomic mass is 9.98. The Morgan fingerprint density at radius 1 is 1.30 bits per heavy atom. The summed E-state index contributed by atoms with van der Waals surface area (Å²) in [5.41, 5.74) is 1.96. The van der Waals surface area contributed by atoms with Gasteiger partial charge in [-0.1, -0.05) is 36.9 Å². The second-order valence-corrected chi connectivity index (χ2v) is 6.14. The molecule has 1 aromatic carbocycles. The van der Waals surface area contributed by atoms with E-state index in [1.807, 2.05) is 22.8 Å². The van der Waals surface area contributed by atoms with Gasteiger partial charge in [0.1, 0.15) is 0 Å². The van der Waals surface area contributed by atoms with Crippen LogP contribution < -0.4 is 0 Å². The van der Waals surface area contributed by atoms with E-state index in [1.54, 1.807) is 0 Å². The second-order valence-electron chi connectivity index (χ2n) is 5.35. The number of aromatic nitrogens is 2. The standard InChI is InChI=1S/C15H19ClN2OS/c16-12-7-4-8-13-14(12)18(15(20)17-13)9-10-19-11-5-2-1-3-6-11/h4,7-8,11H,1-3,5-6,9-10H2,(H,17,20). The third-order valence-corrected chi connectivity index (χ3v) is 4.59. The first kappa shape index (κ1) is 14.1. The van der Waals surface area contributed by atoms with Gasteiger partial charge >= 0.3 is 0 Å². The summed E-state index contributed by atoms with van der Waals surface area (Å²) < 4.78 is 8.72. The van der Waals surface area contributed by atoms with Crippen LogP contribution in [-0.4, -0.2) is 22.3 Å². The Morgan fingerprint density at radius 2 is 2.10 bits per heavy atom. The zero-order chi connectivity index (χ0) is 13.9. The molecular weight excluding hydrogens is 292 g/mol. The molecule has 1 N–H and O–H groups in total. The van der Waals surface area contributed by atoms with Crippen molar-refractivity contribution in [2.45, 2.75) is 44.8 Å². The van der Waals surface area contributed by atoms with Crippen LogP contribution in [0.25, 0.3) is 11.0 Å². The lowest BCUT2D eigenvalue weighted by molar-refractivity contribution is 0.0243. The summed E-state index contributed by atoms with van der Waals surface area (Å²) in [5, 5.41) is 0.729. The molecule has 0 aliphatic heterocycles. The van der Waals surface area contributed by atoms with Gasteiger partial charge in [-0.3, -0.25) is 0 Å². The van der Waals surface area contributed by atoms with E-state index in [2.05, 4.69) is 4.98 Å². The fourth-order valence-electron chi connectivity index (χ4n) is 2.93. The van der Waals surface area contributed by atoms with Crippen LogP contribution in [0.2, 0.25) is 5.02 Å². The van der Waals surface area contributed by atoms with Crippen molar-refractivity contribution in [3.8, 4) is 0 Å². The first-order valence-corrected chi connectivity index (χ1v) is 8.03. The fraction of sp³-hybridized carbons (Fsp3) is 0.533. The monoisotopic (exact) mass is 310 g/mol. The van der Waals surface area contributed by atoms with Gasteiger partial charge < -0.3 is 14.3 Å². The molecule has 0 unspecified atom stereocenters. The van der Waals surface area contributed by atoms with Crippen molar-refractivity contribution < 1.29 is 4.74 Å². The van der Waals surface area contributed by atoms with Crippen LogP contribution in [0.5, 0.6) is 0 Å². The second kappa shape index (κ2) is 6.29. The third-order valence-electron chi connectivity index (χ3n) is 3.96. The Hall–Kier alpha value is -0.840. The van der Waals surface area contributed by atoms with Gasteiger partial charge in [0.05, 0.1) is 28.8 Å². The van der Waals surface area contributed by atoms with Gasteiger partial charge in [-0.15, -0.1) is 0 Å². The fourth-order valence-corrected chi connectivity index (χ4v) is 3.50. The van der Waals surface area contributed by atoms with E-state index in [4.69, 9.17) is 28.6 Å². The molecule has 3 rings (SSSR count). The minimum absolute atomic E-state index is 0.429. The van der Waals surface area contributed by atoms with E-state index in [1.165, 1.54) is 32.1 Å². The average Bonchev–Trinajstić information content (AvgIpc) is 2.78. The van der Waals surface area contributed by atoms with E-state index in [0.29, 0.717) is 17.5 Å². The molecule has 0 amide bonds. The summed E-state index contributed by atoms with van der Waals surface area (Å²) >= 11 is 11.7. The molecule has 1 saturated carbocycles. The molecule has 3 nitrogen and oxygen atoms in total. The summed E-state index contributed by atoms with van der Waals surface area (Å²) in [5.74, 6) is 0. The topological polar surface area (TPSA) is 29.9 Å². The van der Waals surface area contributed by atoms with Crippen molar-refractivity contribution in [2.75, 3.05) is 6.61 Å². The lowest BCUT2D eigenvalue weighted by Crippen LogP contribution is -2.19. The number of ether oxygens (including phenoxy) is 1. The van der Waals surface area contributed by atoms with Crippen molar-refractivity contribution in [1.82, 2.24) is 9.55 Å². The number of rotatable bonds is 4. The number of H-pyrrole nitrogens is 1. The Balaban J connectivity index is 1.71. The number of halogens is 1. The molecule has 108 valence electrons. The summed E-state index contributed by atoms with van der Waals surface area (Å²) in [6.07, 6.45) is 6.76. The third kappa shape index (κ3) is 2.92. The molecular formula is C15H19ClN2OS. The van der Waals surface area contributed by atoms with E-state index >= 15 is 0 Å². The molecule has 1 fully saturated rings. The molecule has 1 aliphatic rings. The van der Waals surface area contributed by atoms with E-state index in [-0.39, 0.29) is 0 Å². The zero-order valence-electron chi connectivity index (χ0n) is 11.4. The Morgan fingerprint density at radius 3 is 2.90 bits per heavy atom. The molecule has 5 heteroatoms. The maximum absolute atomic E-state index is 6.28. The normalized spacial score (nSPS) is 16.9. The molecule has 2 aromatic rings. The van der Waals surface area contributed by atoms with Gasteiger partial charge in [0.15, 0.2) is 4.77 Å². The SMILES string of the molecule is S=c1[nH]c2cccc(Cl)c2n1CCOC1CCCCC1. The van der Waals surface area contributed by atoms with Crippen LogP contribution in [0.4, 0.5) is 0 Å². The summed E-state index contributed by atoms with van der Waals surface area (Å²) in [6, 6.07) is 5.82. The van der Waals surface area contributed by atoms with Crippen LogP contribution in [0, 0.1) is 4.77 Å². The molecule has 0 radical (unpaired) electrons. The summed E-state index contributed by atoms with van der Waals surface area (Å²) in [7, 11) is 0. The number of aromatic amines is 1. The number of nitrogens with one attached hydrogen (secondary N) is 1. The molecule has 1 aliphatic carbocycles. The quantitative estimate of drug-likeness (QED) is 0.829. The van der Waals surface area contributed by atoms with Crippen LogP contribution in [0.1, 0.15) is 32.1 Å². The highest BCUT2D eigenvalue weighted by molar-refractivity contribution is 7.71. The molecule has 0 saturated heterocycles. The predicted octanol–water partition coefficient (Wildman–Crippen LogP) is 4.70. The van der Waals surface area contributed by atoms with E-state index in [9.17, 15) is 0 Å². The number of para-hydroxylation sites is 1. The summed E-state index contributed by atoms with van der Waals surface area (Å²) in [6.45, 7) is 1.44. The maximum Gasteiger partial charge on any atom is 0.178 e. The Kier molecular flexibility index (Phi) is 4.44.